The molecule has 1 saturated heterocycles. The van der Waals surface area contributed by atoms with Gasteiger partial charge in [0.2, 0.25) is 5.91 Å². The van der Waals surface area contributed by atoms with Crippen molar-refractivity contribution in [1.82, 2.24) is 9.47 Å². The third-order valence-electron chi connectivity index (χ3n) is 7.18. The fraction of sp³-hybridized carbons (Fsp3) is 0.300. The van der Waals surface area contributed by atoms with Crippen LogP contribution in [0.3, 0.4) is 0 Å². The molecule has 1 aliphatic heterocycles. The molecule has 0 aliphatic carbocycles. The Kier molecular flexibility index (Phi) is 6.49. The number of aryl methyl sites for hydroxylation is 2. The first kappa shape index (κ1) is 23.0. The van der Waals surface area contributed by atoms with Crippen LogP contribution in [0.2, 0.25) is 0 Å². The van der Waals surface area contributed by atoms with Gasteiger partial charge in [-0.25, -0.2) is 0 Å². The maximum absolute atomic E-state index is 13.6. The summed E-state index contributed by atoms with van der Waals surface area (Å²) in [5, 5.41) is 1.22. The van der Waals surface area contributed by atoms with Gasteiger partial charge in [-0.3, -0.25) is 4.79 Å². The van der Waals surface area contributed by atoms with Gasteiger partial charge in [0.15, 0.2) is 0 Å². The monoisotopic (exact) mass is 467 g/mol. The van der Waals surface area contributed by atoms with Gasteiger partial charge in [0.1, 0.15) is 5.75 Å². The summed E-state index contributed by atoms with van der Waals surface area (Å²) in [5.74, 6) is 1.10. The van der Waals surface area contributed by atoms with Crippen LogP contribution >= 0.6 is 0 Å². The average molecular weight is 468 g/mol. The van der Waals surface area contributed by atoms with Gasteiger partial charge in [-0.15, -0.1) is 0 Å². The molecule has 0 unspecified atom stereocenters. The van der Waals surface area contributed by atoms with E-state index in [4.69, 9.17) is 4.74 Å². The zero-order chi connectivity index (χ0) is 24.4. The largest absolute Gasteiger partial charge is 0.495 e. The van der Waals surface area contributed by atoms with Gasteiger partial charge >= 0.3 is 0 Å². The number of aromatic nitrogens is 1. The third-order valence-corrected chi connectivity index (χ3v) is 7.18. The van der Waals surface area contributed by atoms with Crippen LogP contribution in [-0.2, 0) is 11.8 Å². The second-order valence-electron chi connectivity index (χ2n) is 9.42. The summed E-state index contributed by atoms with van der Waals surface area (Å²) >= 11 is 0. The number of carbonyl (C=O) groups is 1. The highest BCUT2D eigenvalue weighted by Gasteiger charge is 2.28. The van der Waals surface area contributed by atoms with Crippen molar-refractivity contribution in [3.05, 3.63) is 95.7 Å². The van der Waals surface area contributed by atoms with Crippen LogP contribution in [0, 0.1) is 6.92 Å². The molecule has 0 radical (unpaired) electrons. The van der Waals surface area contributed by atoms with Gasteiger partial charge in [-0.05, 0) is 36.2 Å². The molecule has 1 atom stereocenters. The van der Waals surface area contributed by atoms with Crippen molar-refractivity contribution in [3.8, 4) is 5.75 Å². The molecule has 5 nitrogen and oxygen atoms in total. The smallest absolute Gasteiger partial charge is 0.223 e. The molecular weight excluding hydrogens is 434 g/mol. The number of hydrogen-bond donors (Lipinski definition) is 0. The molecule has 4 aromatic rings. The maximum Gasteiger partial charge on any atom is 0.223 e. The number of piperazine rings is 1. The Labute approximate surface area is 207 Å². The summed E-state index contributed by atoms with van der Waals surface area (Å²) in [5.41, 5.74) is 5.91. The summed E-state index contributed by atoms with van der Waals surface area (Å²) in [4.78, 5) is 18.0. The molecule has 5 heteroatoms. The molecule has 1 amide bonds. The lowest BCUT2D eigenvalue weighted by atomic mass is 9.87. The van der Waals surface area contributed by atoms with Crippen LogP contribution in [0.1, 0.15) is 29.0 Å². The SMILES string of the molecule is COc1ccccc1N1CCN(C(=O)C[C@@H](c2cccc(C)c2)c2cn(C)c3ccccc23)CC1. The van der Waals surface area contributed by atoms with Crippen LogP contribution in [0.25, 0.3) is 10.9 Å². The molecule has 0 spiro atoms. The molecule has 1 aliphatic rings. The molecule has 5 rings (SSSR count). The summed E-state index contributed by atoms with van der Waals surface area (Å²) in [6.07, 6.45) is 2.66. The number of rotatable bonds is 6. The van der Waals surface area contributed by atoms with E-state index in [1.807, 2.05) is 23.1 Å². The molecule has 1 fully saturated rings. The number of amides is 1. The van der Waals surface area contributed by atoms with E-state index in [0.29, 0.717) is 19.5 Å². The molecule has 0 bridgehead atoms. The third kappa shape index (κ3) is 4.63. The minimum absolute atomic E-state index is 0.0146. The Morgan fingerprint density at radius 1 is 0.943 bits per heavy atom. The summed E-state index contributed by atoms with van der Waals surface area (Å²) in [7, 11) is 3.79. The van der Waals surface area contributed by atoms with E-state index in [0.717, 1.165) is 24.5 Å². The number of methoxy groups -OCH3 is 1. The first-order valence-corrected chi connectivity index (χ1v) is 12.3. The number of ether oxygens (including phenoxy) is 1. The van der Waals surface area contributed by atoms with E-state index in [1.165, 1.54) is 27.6 Å². The number of fused-ring (bicyclic) bond motifs is 1. The Morgan fingerprint density at radius 3 is 2.46 bits per heavy atom. The van der Waals surface area contributed by atoms with Crippen LogP contribution in [0.5, 0.6) is 5.75 Å². The number of hydrogen-bond acceptors (Lipinski definition) is 3. The number of nitrogens with zero attached hydrogens (tertiary/aromatic N) is 3. The van der Waals surface area contributed by atoms with Gasteiger partial charge in [0.05, 0.1) is 12.8 Å². The molecule has 1 aromatic heterocycles. The van der Waals surface area contributed by atoms with Crippen molar-refractivity contribution in [2.45, 2.75) is 19.3 Å². The molecular formula is C30H33N3O2. The highest BCUT2D eigenvalue weighted by atomic mass is 16.5. The normalized spacial score (nSPS) is 14.8. The van der Waals surface area contributed by atoms with Crippen molar-refractivity contribution in [3.63, 3.8) is 0 Å². The Morgan fingerprint density at radius 2 is 1.69 bits per heavy atom. The lowest BCUT2D eigenvalue weighted by molar-refractivity contribution is -0.131. The first-order valence-electron chi connectivity index (χ1n) is 12.3. The Hall–Kier alpha value is -3.73. The van der Waals surface area contributed by atoms with Gasteiger partial charge in [-0.1, -0.05) is 60.2 Å². The van der Waals surface area contributed by atoms with Gasteiger partial charge in [0, 0.05) is 62.7 Å². The fourth-order valence-corrected chi connectivity index (χ4v) is 5.34. The second-order valence-corrected chi connectivity index (χ2v) is 9.42. The second kappa shape index (κ2) is 9.87. The Bertz CT molecular complexity index is 1330. The van der Waals surface area contributed by atoms with E-state index < -0.39 is 0 Å². The number of para-hydroxylation sites is 3. The van der Waals surface area contributed by atoms with Crippen LogP contribution in [0.15, 0.2) is 79.0 Å². The van der Waals surface area contributed by atoms with Crippen molar-refractivity contribution >= 4 is 22.5 Å². The van der Waals surface area contributed by atoms with E-state index >= 15 is 0 Å². The standard InChI is InChI=1S/C30H33N3O2/c1-22-9-8-10-23(19-22)25(26-21-31(2)27-12-5-4-11-24(26)27)20-30(34)33-17-15-32(16-18-33)28-13-6-7-14-29(28)35-3/h4-14,19,21,25H,15-18,20H2,1-3H3/t25-/m0/s1. The molecule has 3 aromatic carbocycles. The molecule has 2 heterocycles. The van der Waals surface area contributed by atoms with Crippen molar-refractivity contribution in [2.24, 2.45) is 7.05 Å². The van der Waals surface area contributed by atoms with Crippen molar-refractivity contribution < 1.29 is 9.53 Å². The number of anilines is 1. The predicted octanol–water partition coefficient (Wildman–Crippen LogP) is 5.37. The van der Waals surface area contributed by atoms with Crippen molar-refractivity contribution in [1.29, 1.82) is 0 Å². The van der Waals surface area contributed by atoms with E-state index in [2.05, 4.69) is 84.2 Å². The van der Waals surface area contributed by atoms with Crippen LogP contribution in [0.4, 0.5) is 5.69 Å². The minimum Gasteiger partial charge on any atom is -0.495 e. The molecule has 0 N–H and O–H groups in total. The summed E-state index contributed by atoms with van der Waals surface area (Å²) < 4.78 is 7.72. The Balaban J connectivity index is 1.38. The molecule has 0 saturated carbocycles. The zero-order valence-corrected chi connectivity index (χ0v) is 20.8. The predicted molar refractivity (Wildman–Crippen MR) is 142 cm³/mol. The fourth-order valence-electron chi connectivity index (χ4n) is 5.34. The van der Waals surface area contributed by atoms with Gasteiger partial charge < -0.3 is 19.1 Å². The van der Waals surface area contributed by atoms with Crippen LogP contribution < -0.4 is 9.64 Å². The lowest BCUT2D eigenvalue weighted by Gasteiger charge is -2.37. The lowest BCUT2D eigenvalue weighted by Crippen LogP contribution is -2.49. The molecule has 180 valence electrons. The number of carbonyl (C=O) groups excluding carboxylic acids is 1. The first-order chi connectivity index (χ1) is 17.0. The average Bonchev–Trinajstić information content (AvgIpc) is 3.23. The minimum atomic E-state index is 0.0146. The van der Waals surface area contributed by atoms with Gasteiger partial charge in [-0.2, -0.15) is 0 Å². The molecule has 35 heavy (non-hydrogen) atoms. The highest BCUT2D eigenvalue weighted by molar-refractivity contribution is 5.86. The number of benzene rings is 3. The highest BCUT2D eigenvalue weighted by Crippen LogP contribution is 2.35. The quantitative estimate of drug-likeness (QED) is 0.383. The van der Waals surface area contributed by atoms with E-state index in [9.17, 15) is 4.79 Å². The zero-order valence-electron chi connectivity index (χ0n) is 20.8. The van der Waals surface area contributed by atoms with E-state index in [-0.39, 0.29) is 11.8 Å². The summed E-state index contributed by atoms with van der Waals surface area (Å²) in [6, 6.07) is 25.2. The summed E-state index contributed by atoms with van der Waals surface area (Å²) in [6.45, 7) is 5.15. The van der Waals surface area contributed by atoms with E-state index in [1.54, 1.807) is 7.11 Å². The van der Waals surface area contributed by atoms with Crippen LogP contribution in [-0.4, -0.2) is 48.7 Å². The topological polar surface area (TPSA) is 37.7 Å². The van der Waals surface area contributed by atoms with Gasteiger partial charge in [0.25, 0.3) is 0 Å². The van der Waals surface area contributed by atoms with Crippen molar-refractivity contribution in [2.75, 3.05) is 38.2 Å². The maximum atomic E-state index is 13.6.